The van der Waals surface area contributed by atoms with Gasteiger partial charge in [0.1, 0.15) is 18.5 Å². The highest BCUT2D eigenvalue weighted by Gasteiger charge is 2.06. The van der Waals surface area contributed by atoms with E-state index in [4.69, 9.17) is 4.74 Å². The van der Waals surface area contributed by atoms with Gasteiger partial charge in [-0.3, -0.25) is 4.21 Å². The van der Waals surface area contributed by atoms with Gasteiger partial charge in [-0.2, -0.15) is 0 Å². The van der Waals surface area contributed by atoms with Crippen molar-refractivity contribution in [1.82, 2.24) is 5.32 Å². The van der Waals surface area contributed by atoms with Crippen LogP contribution in [-0.4, -0.2) is 46.6 Å². The molecule has 0 saturated heterocycles. The molecular formula is C15H25NO3S. The van der Waals surface area contributed by atoms with Crippen LogP contribution in [-0.2, 0) is 10.8 Å². The highest BCUT2D eigenvalue weighted by molar-refractivity contribution is 7.84. The molecule has 0 saturated carbocycles. The molecule has 0 aliphatic carbocycles. The number of nitrogens with one attached hydrogen (secondary N) is 1. The molecule has 0 radical (unpaired) electrons. The van der Waals surface area contributed by atoms with Gasteiger partial charge in [-0.15, -0.1) is 0 Å². The van der Waals surface area contributed by atoms with Crippen LogP contribution in [0.15, 0.2) is 18.2 Å². The SMILES string of the molecule is CCS(=O)CCNCC(O)COc1ccc(C)cc1C. The Labute approximate surface area is 124 Å². The molecule has 0 spiro atoms. The van der Waals surface area contributed by atoms with Crippen molar-refractivity contribution in [2.45, 2.75) is 26.9 Å². The van der Waals surface area contributed by atoms with Crippen LogP contribution in [0.3, 0.4) is 0 Å². The van der Waals surface area contributed by atoms with Gasteiger partial charge in [0.2, 0.25) is 0 Å². The average molecular weight is 299 g/mol. The van der Waals surface area contributed by atoms with E-state index in [-0.39, 0.29) is 6.61 Å². The molecule has 4 nitrogen and oxygen atoms in total. The minimum absolute atomic E-state index is 0.258. The van der Waals surface area contributed by atoms with Crippen LogP contribution in [0.25, 0.3) is 0 Å². The minimum atomic E-state index is -0.756. The fourth-order valence-corrected chi connectivity index (χ4v) is 2.47. The number of aliphatic hydroxyl groups excluding tert-OH is 1. The lowest BCUT2D eigenvalue weighted by Crippen LogP contribution is -2.33. The molecule has 2 unspecified atom stereocenters. The lowest BCUT2D eigenvalue weighted by Gasteiger charge is -2.14. The Hall–Kier alpha value is -0.910. The summed E-state index contributed by atoms with van der Waals surface area (Å²) in [7, 11) is -0.756. The predicted molar refractivity (Wildman–Crippen MR) is 83.8 cm³/mol. The van der Waals surface area contributed by atoms with Crippen LogP contribution in [0.1, 0.15) is 18.1 Å². The third kappa shape index (κ3) is 6.50. The molecule has 0 heterocycles. The van der Waals surface area contributed by atoms with Crippen LogP contribution in [0.4, 0.5) is 0 Å². The van der Waals surface area contributed by atoms with Gasteiger partial charge in [-0.1, -0.05) is 24.6 Å². The minimum Gasteiger partial charge on any atom is -0.491 e. The third-order valence-electron chi connectivity index (χ3n) is 2.97. The second-order valence-electron chi connectivity index (χ2n) is 4.87. The second kappa shape index (κ2) is 9.10. The van der Waals surface area contributed by atoms with Crippen molar-refractivity contribution >= 4 is 10.8 Å². The third-order valence-corrected chi connectivity index (χ3v) is 4.27. The second-order valence-corrected chi connectivity index (χ2v) is 6.74. The molecule has 1 aromatic rings. The Balaban J connectivity index is 2.22. The molecule has 0 fully saturated rings. The first-order valence-corrected chi connectivity index (χ1v) is 8.45. The van der Waals surface area contributed by atoms with Gasteiger partial charge in [-0.05, 0) is 25.5 Å². The summed E-state index contributed by atoms with van der Waals surface area (Å²) in [5.74, 6) is 2.11. The Morgan fingerprint density at radius 3 is 2.80 bits per heavy atom. The summed E-state index contributed by atoms with van der Waals surface area (Å²) in [5.41, 5.74) is 2.27. The first-order chi connectivity index (χ1) is 9.52. The molecule has 1 rings (SSSR count). The Morgan fingerprint density at radius 1 is 1.40 bits per heavy atom. The van der Waals surface area contributed by atoms with Crippen molar-refractivity contribution in [2.75, 3.05) is 31.2 Å². The summed E-state index contributed by atoms with van der Waals surface area (Å²) in [6.45, 7) is 7.30. The van der Waals surface area contributed by atoms with Crippen molar-refractivity contribution in [3.05, 3.63) is 29.3 Å². The average Bonchev–Trinajstić information content (AvgIpc) is 2.42. The summed E-state index contributed by atoms with van der Waals surface area (Å²) in [4.78, 5) is 0. The summed E-state index contributed by atoms with van der Waals surface area (Å²) in [5, 5.41) is 12.9. The number of benzene rings is 1. The van der Waals surface area contributed by atoms with Gasteiger partial charge in [0.05, 0.1) is 0 Å². The van der Waals surface area contributed by atoms with E-state index in [0.29, 0.717) is 24.6 Å². The Bertz CT molecular complexity index is 437. The zero-order chi connectivity index (χ0) is 15.0. The van der Waals surface area contributed by atoms with Crippen LogP contribution in [0.5, 0.6) is 5.75 Å². The van der Waals surface area contributed by atoms with Crippen molar-refractivity contribution in [1.29, 1.82) is 0 Å². The van der Waals surface area contributed by atoms with Gasteiger partial charge >= 0.3 is 0 Å². The van der Waals surface area contributed by atoms with Crippen molar-refractivity contribution in [3.8, 4) is 5.75 Å². The fourth-order valence-electron chi connectivity index (χ4n) is 1.81. The van der Waals surface area contributed by atoms with E-state index in [0.717, 1.165) is 11.3 Å². The van der Waals surface area contributed by atoms with Crippen molar-refractivity contribution < 1.29 is 14.1 Å². The topological polar surface area (TPSA) is 58.6 Å². The molecule has 2 N–H and O–H groups in total. The Morgan fingerprint density at radius 2 is 2.15 bits per heavy atom. The molecule has 1 aromatic carbocycles. The maximum absolute atomic E-state index is 11.2. The van der Waals surface area contributed by atoms with E-state index < -0.39 is 16.9 Å². The van der Waals surface area contributed by atoms with Gasteiger partial charge in [0.15, 0.2) is 0 Å². The van der Waals surface area contributed by atoms with Crippen molar-refractivity contribution in [3.63, 3.8) is 0 Å². The van der Waals surface area contributed by atoms with E-state index >= 15 is 0 Å². The summed E-state index contributed by atoms with van der Waals surface area (Å²) < 4.78 is 16.8. The molecule has 5 heteroatoms. The summed E-state index contributed by atoms with van der Waals surface area (Å²) in [6.07, 6.45) is -0.564. The van der Waals surface area contributed by atoms with E-state index in [2.05, 4.69) is 11.4 Å². The van der Waals surface area contributed by atoms with Crippen LogP contribution < -0.4 is 10.1 Å². The maximum Gasteiger partial charge on any atom is 0.122 e. The first kappa shape index (κ1) is 17.1. The van der Waals surface area contributed by atoms with E-state index in [1.807, 2.05) is 32.9 Å². The van der Waals surface area contributed by atoms with Crippen molar-refractivity contribution in [2.24, 2.45) is 0 Å². The maximum atomic E-state index is 11.2. The van der Waals surface area contributed by atoms with Gasteiger partial charge < -0.3 is 15.2 Å². The van der Waals surface area contributed by atoms with Gasteiger partial charge in [0.25, 0.3) is 0 Å². The fraction of sp³-hybridized carbons (Fsp3) is 0.600. The molecule has 0 aliphatic heterocycles. The van der Waals surface area contributed by atoms with Crippen LogP contribution >= 0.6 is 0 Å². The highest BCUT2D eigenvalue weighted by Crippen LogP contribution is 2.18. The van der Waals surface area contributed by atoms with Crippen LogP contribution in [0.2, 0.25) is 0 Å². The quantitative estimate of drug-likeness (QED) is 0.677. The molecule has 0 aliphatic rings. The molecular weight excluding hydrogens is 274 g/mol. The molecule has 114 valence electrons. The smallest absolute Gasteiger partial charge is 0.122 e. The number of hydrogen-bond acceptors (Lipinski definition) is 4. The number of ether oxygens (including phenoxy) is 1. The highest BCUT2D eigenvalue weighted by atomic mass is 32.2. The zero-order valence-electron chi connectivity index (χ0n) is 12.5. The molecule has 0 bridgehead atoms. The van der Waals surface area contributed by atoms with Crippen LogP contribution in [0, 0.1) is 13.8 Å². The normalized spacial score (nSPS) is 14.0. The largest absolute Gasteiger partial charge is 0.491 e. The predicted octanol–water partition coefficient (Wildman–Crippen LogP) is 1.40. The number of rotatable bonds is 9. The molecule has 0 aromatic heterocycles. The number of aliphatic hydroxyl groups is 1. The zero-order valence-corrected chi connectivity index (χ0v) is 13.3. The lowest BCUT2D eigenvalue weighted by molar-refractivity contribution is 0.106. The molecule has 2 atom stereocenters. The standard InChI is InChI=1S/C15H25NO3S/c1-4-20(18)8-7-16-10-14(17)11-19-15-6-5-12(2)9-13(15)3/h5-6,9,14,16-17H,4,7-8,10-11H2,1-3H3. The Kier molecular flexibility index (Phi) is 7.80. The molecule has 0 amide bonds. The summed E-state index contributed by atoms with van der Waals surface area (Å²) in [6, 6.07) is 5.97. The first-order valence-electron chi connectivity index (χ1n) is 6.96. The van der Waals surface area contributed by atoms with Gasteiger partial charge in [0, 0.05) is 35.4 Å². The van der Waals surface area contributed by atoms with Gasteiger partial charge in [-0.25, -0.2) is 0 Å². The number of hydrogen-bond donors (Lipinski definition) is 2. The van der Waals surface area contributed by atoms with E-state index in [1.54, 1.807) is 0 Å². The van der Waals surface area contributed by atoms with E-state index in [9.17, 15) is 9.32 Å². The summed E-state index contributed by atoms with van der Waals surface area (Å²) >= 11 is 0. The van der Waals surface area contributed by atoms with E-state index in [1.165, 1.54) is 5.56 Å². The monoisotopic (exact) mass is 299 g/mol. The number of aryl methyl sites for hydroxylation is 2. The lowest BCUT2D eigenvalue weighted by atomic mass is 10.1. The molecule has 20 heavy (non-hydrogen) atoms.